The van der Waals surface area contributed by atoms with Crippen LogP contribution in [0.5, 0.6) is 0 Å². The van der Waals surface area contributed by atoms with Crippen molar-refractivity contribution in [3.05, 3.63) is 10.6 Å². The maximum absolute atomic E-state index is 12.5. The van der Waals surface area contributed by atoms with E-state index in [-0.39, 0.29) is 22.6 Å². The van der Waals surface area contributed by atoms with Gasteiger partial charge >= 0.3 is 6.18 Å². The van der Waals surface area contributed by atoms with Crippen LogP contribution in [0.25, 0.3) is 0 Å². The highest BCUT2D eigenvalue weighted by Gasteiger charge is 2.43. The maximum Gasteiger partial charge on any atom is 0.393 e. The number of nitrogens with zero attached hydrogens (tertiary/aromatic N) is 2. The van der Waals surface area contributed by atoms with Gasteiger partial charge in [0.15, 0.2) is 10.9 Å². The molecule has 0 aromatic carbocycles. The van der Waals surface area contributed by atoms with Crippen molar-refractivity contribution < 1.29 is 23.1 Å². The molecule has 0 amide bonds. The second-order valence-electron chi connectivity index (χ2n) is 5.48. The fourth-order valence-corrected chi connectivity index (χ4v) is 3.52. The summed E-state index contributed by atoms with van der Waals surface area (Å²) in [5, 5.41) is 9.78. The third-order valence-electron chi connectivity index (χ3n) is 3.79. The normalized spacial score (nSPS) is 17.7. The lowest BCUT2D eigenvalue weighted by Crippen LogP contribution is -2.58. The average Bonchev–Trinajstić information content (AvgIpc) is 2.70. The van der Waals surface area contributed by atoms with E-state index >= 15 is 0 Å². The minimum Gasteiger partial charge on any atom is -0.396 e. The molecule has 4 nitrogen and oxygen atoms in total. The highest BCUT2D eigenvalue weighted by molar-refractivity contribution is 7.16. The fourth-order valence-electron chi connectivity index (χ4n) is 2.39. The van der Waals surface area contributed by atoms with E-state index in [2.05, 4.69) is 4.98 Å². The van der Waals surface area contributed by atoms with Crippen LogP contribution in [0.2, 0.25) is 0 Å². The molecule has 0 unspecified atom stereocenters. The topological polar surface area (TPSA) is 53.4 Å². The molecular formula is C13H17F3N2O2S. The van der Waals surface area contributed by atoms with Gasteiger partial charge in [-0.1, -0.05) is 6.92 Å². The molecule has 1 aliphatic rings. The number of alkyl halides is 3. The van der Waals surface area contributed by atoms with E-state index in [1.165, 1.54) is 6.92 Å². The molecule has 1 N–H and O–H groups in total. The first-order valence-electron chi connectivity index (χ1n) is 6.63. The molecule has 118 valence electrons. The zero-order valence-corrected chi connectivity index (χ0v) is 12.6. The van der Waals surface area contributed by atoms with Gasteiger partial charge in [0.25, 0.3) is 0 Å². The Hall–Kier alpha value is -1.15. The number of aliphatic hydroxyl groups is 1. The van der Waals surface area contributed by atoms with E-state index in [4.69, 9.17) is 0 Å². The summed E-state index contributed by atoms with van der Waals surface area (Å²) >= 11 is 0.913. The number of Topliss-reactive ketones (excluding diaryl/α,β-unsaturated/α-hetero) is 1. The molecule has 1 aromatic rings. The van der Waals surface area contributed by atoms with Gasteiger partial charge in [0.05, 0.1) is 13.0 Å². The van der Waals surface area contributed by atoms with Crippen molar-refractivity contribution in [1.29, 1.82) is 0 Å². The molecule has 21 heavy (non-hydrogen) atoms. The molecule has 0 aliphatic carbocycles. The summed E-state index contributed by atoms with van der Waals surface area (Å²) in [6.45, 7) is 4.33. The molecule has 1 saturated heterocycles. The first-order chi connectivity index (χ1) is 9.69. The summed E-state index contributed by atoms with van der Waals surface area (Å²) in [4.78, 5) is 17.3. The monoisotopic (exact) mass is 322 g/mol. The predicted molar refractivity (Wildman–Crippen MR) is 73.9 cm³/mol. The van der Waals surface area contributed by atoms with Crippen molar-refractivity contribution in [1.82, 2.24) is 4.98 Å². The summed E-state index contributed by atoms with van der Waals surface area (Å²) in [7, 11) is 0. The smallest absolute Gasteiger partial charge is 0.393 e. The fraction of sp³-hybridized carbons (Fsp3) is 0.692. The molecule has 0 bridgehead atoms. The molecule has 0 atom stereocenters. The van der Waals surface area contributed by atoms with Gasteiger partial charge in [0.2, 0.25) is 0 Å². The van der Waals surface area contributed by atoms with E-state index in [0.717, 1.165) is 17.8 Å². The number of carbonyl (C=O) groups excluding carboxylic acids is 1. The number of aliphatic hydroxyl groups excluding tert-OH is 1. The number of hydrogen-bond acceptors (Lipinski definition) is 5. The van der Waals surface area contributed by atoms with Gasteiger partial charge in [-0.3, -0.25) is 4.79 Å². The summed E-state index contributed by atoms with van der Waals surface area (Å²) < 4.78 is 37.6. The van der Waals surface area contributed by atoms with Gasteiger partial charge in [0, 0.05) is 30.3 Å². The molecule has 1 aromatic heterocycles. The Kier molecular flexibility index (Phi) is 4.30. The Balaban J connectivity index is 2.20. The SMILES string of the molecule is CCC1(CO)CN(c2nc(C(C)=O)c(CC(F)(F)F)s2)C1. The lowest BCUT2D eigenvalue weighted by atomic mass is 9.78. The molecule has 2 rings (SSSR count). The highest BCUT2D eigenvalue weighted by Crippen LogP contribution is 2.40. The van der Waals surface area contributed by atoms with E-state index in [0.29, 0.717) is 18.2 Å². The average molecular weight is 322 g/mol. The van der Waals surface area contributed by atoms with E-state index < -0.39 is 18.4 Å². The minimum absolute atomic E-state index is 0.0389. The molecule has 1 fully saturated rings. The van der Waals surface area contributed by atoms with E-state index in [1.807, 2.05) is 11.8 Å². The molecule has 0 saturated carbocycles. The largest absolute Gasteiger partial charge is 0.396 e. The van der Waals surface area contributed by atoms with Gasteiger partial charge in [0.1, 0.15) is 5.69 Å². The molecule has 8 heteroatoms. The molecule has 2 heterocycles. The van der Waals surface area contributed by atoms with Crippen LogP contribution in [0.15, 0.2) is 0 Å². The van der Waals surface area contributed by atoms with Crippen LogP contribution in [0.4, 0.5) is 18.3 Å². The number of anilines is 1. The number of halogens is 3. The Morgan fingerprint density at radius 3 is 2.52 bits per heavy atom. The Morgan fingerprint density at radius 1 is 1.48 bits per heavy atom. The molecule has 1 aliphatic heterocycles. The van der Waals surface area contributed by atoms with Crippen molar-refractivity contribution in [2.45, 2.75) is 32.9 Å². The van der Waals surface area contributed by atoms with E-state index in [1.54, 1.807) is 0 Å². The van der Waals surface area contributed by atoms with Crippen molar-refractivity contribution in [3.63, 3.8) is 0 Å². The number of hydrogen-bond donors (Lipinski definition) is 1. The lowest BCUT2D eigenvalue weighted by Gasteiger charge is -2.48. The number of rotatable bonds is 5. The summed E-state index contributed by atoms with van der Waals surface area (Å²) in [6.07, 6.45) is -4.70. The summed E-state index contributed by atoms with van der Waals surface area (Å²) in [5.41, 5.74) is -0.294. The third-order valence-corrected chi connectivity index (χ3v) is 4.91. The standard InChI is InChI=1S/C13H17F3N2O2S/c1-3-12(7-19)5-18(6-12)11-17-10(8(2)20)9(21-11)4-13(14,15)16/h19H,3-7H2,1-2H3. The second kappa shape index (κ2) is 5.57. The van der Waals surface area contributed by atoms with Crippen LogP contribution in [0.3, 0.4) is 0 Å². The number of ketones is 1. The minimum atomic E-state index is -4.36. The third kappa shape index (κ3) is 3.37. The van der Waals surface area contributed by atoms with Crippen molar-refractivity contribution in [2.24, 2.45) is 5.41 Å². The molecular weight excluding hydrogens is 305 g/mol. The van der Waals surface area contributed by atoms with Crippen LogP contribution in [-0.2, 0) is 6.42 Å². The van der Waals surface area contributed by atoms with Gasteiger partial charge < -0.3 is 10.0 Å². The summed E-state index contributed by atoms with van der Waals surface area (Å²) in [5.74, 6) is -0.457. The zero-order chi connectivity index (χ0) is 15.8. The summed E-state index contributed by atoms with van der Waals surface area (Å²) in [6, 6.07) is 0. The van der Waals surface area contributed by atoms with Crippen LogP contribution in [0.1, 0.15) is 35.6 Å². The quantitative estimate of drug-likeness (QED) is 0.847. The van der Waals surface area contributed by atoms with Crippen LogP contribution in [-0.4, -0.2) is 41.7 Å². The number of aromatic nitrogens is 1. The van der Waals surface area contributed by atoms with Gasteiger partial charge in [-0.15, -0.1) is 11.3 Å². The predicted octanol–water partition coefficient (Wildman–Crippen LogP) is 2.66. The van der Waals surface area contributed by atoms with Crippen LogP contribution >= 0.6 is 11.3 Å². The number of thiazole rings is 1. The van der Waals surface area contributed by atoms with Gasteiger partial charge in [-0.05, 0) is 6.42 Å². The molecule has 0 radical (unpaired) electrons. The lowest BCUT2D eigenvalue weighted by molar-refractivity contribution is -0.126. The Morgan fingerprint density at radius 2 is 2.10 bits per heavy atom. The Bertz CT molecular complexity index is 530. The first-order valence-corrected chi connectivity index (χ1v) is 7.44. The van der Waals surface area contributed by atoms with Crippen molar-refractivity contribution >= 4 is 22.3 Å². The van der Waals surface area contributed by atoms with Crippen LogP contribution < -0.4 is 4.90 Å². The molecule has 0 spiro atoms. The number of carbonyl (C=O) groups is 1. The Labute approximate surface area is 124 Å². The van der Waals surface area contributed by atoms with Gasteiger partial charge in [-0.25, -0.2) is 4.98 Å². The van der Waals surface area contributed by atoms with Crippen molar-refractivity contribution in [3.8, 4) is 0 Å². The van der Waals surface area contributed by atoms with Crippen LogP contribution in [0, 0.1) is 5.41 Å². The zero-order valence-electron chi connectivity index (χ0n) is 11.8. The van der Waals surface area contributed by atoms with E-state index in [9.17, 15) is 23.1 Å². The van der Waals surface area contributed by atoms with Crippen molar-refractivity contribution in [2.75, 3.05) is 24.6 Å². The first kappa shape index (κ1) is 16.2. The second-order valence-corrected chi connectivity index (χ2v) is 6.55. The maximum atomic E-state index is 12.5. The van der Waals surface area contributed by atoms with Gasteiger partial charge in [-0.2, -0.15) is 13.2 Å². The highest BCUT2D eigenvalue weighted by atomic mass is 32.1.